The number of thiophene rings is 1. The van der Waals surface area contributed by atoms with E-state index in [9.17, 15) is 19.2 Å². The van der Waals surface area contributed by atoms with E-state index in [-0.39, 0.29) is 11.6 Å². The molecule has 0 aliphatic heterocycles. The van der Waals surface area contributed by atoms with Crippen LogP contribution in [0.1, 0.15) is 65.4 Å². The van der Waals surface area contributed by atoms with Gasteiger partial charge in [0.1, 0.15) is 15.9 Å². The molecular formula is C48H44N4O5S2. The number of ether oxygens (including phenoxy) is 1. The molecule has 0 radical (unpaired) electrons. The second-order valence-electron chi connectivity index (χ2n) is 14.3. The van der Waals surface area contributed by atoms with Crippen LogP contribution >= 0.6 is 23.1 Å². The first-order valence-corrected chi connectivity index (χ1v) is 20.9. The molecule has 2 unspecified atom stereocenters. The Morgan fingerprint density at radius 2 is 1.49 bits per heavy atom. The van der Waals surface area contributed by atoms with Crippen molar-refractivity contribution in [1.29, 1.82) is 0 Å². The van der Waals surface area contributed by atoms with Crippen molar-refractivity contribution < 1.29 is 23.9 Å². The molecule has 7 rings (SSSR count). The van der Waals surface area contributed by atoms with Gasteiger partial charge in [0, 0.05) is 40.8 Å². The lowest BCUT2D eigenvalue weighted by Crippen LogP contribution is -2.30. The summed E-state index contributed by atoms with van der Waals surface area (Å²) in [5, 5.41) is 8.64. The van der Waals surface area contributed by atoms with E-state index in [1.54, 1.807) is 48.5 Å². The van der Waals surface area contributed by atoms with Crippen LogP contribution in [0.4, 0.5) is 16.4 Å². The molecule has 3 amide bonds. The lowest BCUT2D eigenvalue weighted by atomic mass is 9.83. The van der Waals surface area contributed by atoms with Crippen LogP contribution in [0.2, 0.25) is 0 Å². The van der Waals surface area contributed by atoms with E-state index in [0.29, 0.717) is 39.0 Å². The number of benzene rings is 5. The minimum atomic E-state index is -0.713. The summed E-state index contributed by atoms with van der Waals surface area (Å²) in [5.74, 6) is -1.39. The summed E-state index contributed by atoms with van der Waals surface area (Å²) in [5.41, 5.74) is 6.06. The van der Waals surface area contributed by atoms with Crippen molar-refractivity contribution in [3.8, 4) is 0 Å². The predicted molar refractivity (Wildman–Crippen MR) is 238 cm³/mol. The van der Waals surface area contributed by atoms with E-state index in [4.69, 9.17) is 4.74 Å². The van der Waals surface area contributed by atoms with Crippen LogP contribution in [0.3, 0.4) is 0 Å². The van der Waals surface area contributed by atoms with Crippen LogP contribution in [-0.4, -0.2) is 44.9 Å². The molecule has 0 spiro atoms. The number of nitrogens with zero attached hydrogens (tertiary/aromatic N) is 1. The van der Waals surface area contributed by atoms with Gasteiger partial charge in [0.25, 0.3) is 11.8 Å². The highest BCUT2D eigenvalue weighted by atomic mass is 32.2. The average Bonchev–Trinajstić information content (AvgIpc) is 3.63. The Kier molecular flexibility index (Phi) is 13.0. The molecule has 5 aromatic carbocycles. The maximum absolute atomic E-state index is 14.4. The van der Waals surface area contributed by atoms with E-state index in [1.807, 2.05) is 104 Å². The monoisotopic (exact) mass is 820 g/mol. The van der Waals surface area contributed by atoms with Gasteiger partial charge in [-0.15, -0.1) is 23.1 Å². The smallest absolute Gasteiger partial charge is 0.341 e. The SMILES string of the molecule is COC(=O)c1c(NC(=O)C(Sc2cccc(NC(=O)/C(=C\c3ccc(N(C)C)cc3)NC(=O)c3ccccc3)c2)c2ccccc2)sc2c1CCC(c1ccccc1)C2. The first-order chi connectivity index (χ1) is 28.7. The standard InChI is InChI=1S/C48H44N4O5S2/c1-52(2)37-25-22-31(23-26-37)28-40(50-44(53)34-18-11-6-12-19-34)45(54)49-36-20-13-21-38(30-36)58-43(33-16-9-5-10-17-33)46(55)51-47-42(48(56)57-3)39-27-24-35(29-41(39)59-47)32-14-7-4-8-15-32/h4-23,25-26,28,30,35,43H,24,27,29H2,1-3H3,(H,49,54)(H,50,53)(H,51,55)/b40-28+. The maximum Gasteiger partial charge on any atom is 0.341 e. The van der Waals surface area contributed by atoms with Crippen molar-refractivity contribution in [3.63, 3.8) is 0 Å². The van der Waals surface area contributed by atoms with Gasteiger partial charge in [0.15, 0.2) is 0 Å². The highest BCUT2D eigenvalue weighted by Gasteiger charge is 2.32. The lowest BCUT2D eigenvalue weighted by Gasteiger charge is -2.22. The molecule has 11 heteroatoms. The third kappa shape index (κ3) is 10.00. The number of nitrogens with one attached hydrogen (secondary N) is 3. The van der Waals surface area contributed by atoms with Crippen LogP contribution in [0.5, 0.6) is 0 Å². The van der Waals surface area contributed by atoms with E-state index >= 15 is 0 Å². The number of methoxy groups -OCH3 is 1. The van der Waals surface area contributed by atoms with Gasteiger partial charge in [-0.1, -0.05) is 97.1 Å². The minimum absolute atomic E-state index is 0.0613. The summed E-state index contributed by atoms with van der Waals surface area (Å²) in [4.78, 5) is 58.6. The fraction of sp³-hybridized carbons (Fsp3) is 0.167. The number of carbonyl (C=O) groups is 4. The van der Waals surface area contributed by atoms with Gasteiger partial charge < -0.3 is 25.6 Å². The van der Waals surface area contributed by atoms with Gasteiger partial charge in [0.05, 0.1) is 12.7 Å². The molecule has 0 saturated heterocycles. The summed E-state index contributed by atoms with van der Waals surface area (Å²) in [6.45, 7) is 0. The number of carbonyl (C=O) groups excluding carboxylic acids is 4. The number of anilines is 3. The zero-order valence-corrected chi connectivity index (χ0v) is 34.6. The highest BCUT2D eigenvalue weighted by molar-refractivity contribution is 8.00. The molecule has 1 aliphatic carbocycles. The lowest BCUT2D eigenvalue weighted by molar-refractivity contribution is -0.116. The van der Waals surface area contributed by atoms with Crippen molar-refractivity contribution in [2.75, 3.05) is 36.7 Å². The Morgan fingerprint density at radius 1 is 0.814 bits per heavy atom. The number of esters is 1. The van der Waals surface area contributed by atoms with Gasteiger partial charge in [-0.25, -0.2) is 4.79 Å². The molecule has 0 saturated carbocycles. The number of amides is 3. The van der Waals surface area contributed by atoms with E-state index in [2.05, 4.69) is 28.1 Å². The largest absolute Gasteiger partial charge is 0.465 e. The van der Waals surface area contributed by atoms with Crippen molar-refractivity contribution in [2.24, 2.45) is 0 Å². The predicted octanol–water partition coefficient (Wildman–Crippen LogP) is 9.75. The van der Waals surface area contributed by atoms with Crippen molar-refractivity contribution in [1.82, 2.24) is 5.32 Å². The molecule has 1 aliphatic rings. The van der Waals surface area contributed by atoms with Crippen molar-refractivity contribution in [3.05, 3.63) is 183 Å². The maximum atomic E-state index is 14.4. The molecule has 59 heavy (non-hydrogen) atoms. The molecular weight excluding hydrogens is 777 g/mol. The minimum Gasteiger partial charge on any atom is -0.465 e. The van der Waals surface area contributed by atoms with E-state index in [0.717, 1.165) is 40.1 Å². The third-order valence-electron chi connectivity index (χ3n) is 10.1. The van der Waals surface area contributed by atoms with Crippen molar-refractivity contribution in [2.45, 2.75) is 35.3 Å². The molecule has 6 aromatic rings. The van der Waals surface area contributed by atoms with Gasteiger partial charge in [-0.05, 0) is 96.0 Å². The zero-order chi connectivity index (χ0) is 41.3. The average molecular weight is 821 g/mol. The Morgan fingerprint density at radius 3 is 2.17 bits per heavy atom. The fourth-order valence-corrected chi connectivity index (χ4v) is 9.44. The summed E-state index contributed by atoms with van der Waals surface area (Å²) in [6, 6.07) is 43.4. The topological polar surface area (TPSA) is 117 Å². The van der Waals surface area contributed by atoms with Gasteiger partial charge in [-0.2, -0.15) is 0 Å². The summed E-state index contributed by atoms with van der Waals surface area (Å²) in [7, 11) is 5.26. The first-order valence-electron chi connectivity index (χ1n) is 19.2. The van der Waals surface area contributed by atoms with Gasteiger partial charge in [-0.3, -0.25) is 14.4 Å². The molecule has 298 valence electrons. The Bertz CT molecular complexity index is 2470. The van der Waals surface area contributed by atoms with Crippen LogP contribution in [0.15, 0.2) is 150 Å². The molecule has 2 atom stereocenters. The van der Waals surface area contributed by atoms with Gasteiger partial charge in [0.2, 0.25) is 5.91 Å². The van der Waals surface area contributed by atoms with Crippen LogP contribution in [-0.2, 0) is 27.2 Å². The number of hydrogen-bond acceptors (Lipinski definition) is 8. The van der Waals surface area contributed by atoms with Crippen molar-refractivity contribution >= 4 is 69.2 Å². The quantitative estimate of drug-likeness (QED) is 0.0604. The highest BCUT2D eigenvalue weighted by Crippen LogP contribution is 2.44. The molecule has 9 nitrogen and oxygen atoms in total. The number of rotatable bonds is 13. The van der Waals surface area contributed by atoms with Crippen LogP contribution in [0, 0.1) is 0 Å². The second kappa shape index (κ2) is 18.9. The normalized spacial score (nSPS) is 14.0. The molecule has 0 bridgehead atoms. The first kappa shape index (κ1) is 40.8. The Hall–Kier alpha value is -6.43. The number of hydrogen-bond donors (Lipinski definition) is 3. The number of thioether (sulfide) groups is 1. The summed E-state index contributed by atoms with van der Waals surface area (Å²) in [6.07, 6.45) is 4.00. The molecule has 1 aromatic heterocycles. The van der Waals surface area contributed by atoms with Crippen LogP contribution < -0.4 is 20.9 Å². The number of fused-ring (bicyclic) bond motifs is 1. The van der Waals surface area contributed by atoms with Gasteiger partial charge >= 0.3 is 5.97 Å². The van der Waals surface area contributed by atoms with E-state index in [1.165, 1.54) is 35.8 Å². The van der Waals surface area contributed by atoms with E-state index < -0.39 is 23.0 Å². The Labute approximate surface area is 352 Å². The third-order valence-corrected chi connectivity index (χ3v) is 12.5. The Balaban J connectivity index is 1.13. The molecule has 1 heterocycles. The fourth-order valence-electron chi connectivity index (χ4n) is 7.04. The second-order valence-corrected chi connectivity index (χ2v) is 16.6. The zero-order valence-electron chi connectivity index (χ0n) is 32.9. The summed E-state index contributed by atoms with van der Waals surface area (Å²) >= 11 is 2.76. The molecule has 0 fully saturated rings. The molecule has 3 N–H and O–H groups in total. The summed E-state index contributed by atoms with van der Waals surface area (Å²) < 4.78 is 5.23. The van der Waals surface area contributed by atoms with Crippen LogP contribution in [0.25, 0.3) is 6.08 Å².